The molecule has 0 fully saturated rings. The predicted octanol–water partition coefficient (Wildman–Crippen LogP) is 2.19. The highest BCUT2D eigenvalue weighted by Crippen LogP contribution is 2.19. The van der Waals surface area contributed by atoms with Gasteiger partial charge in [0.15, 0.2) is 0 Å². The number of fused-ring (bicyclic) bond motifs is 1. The van der Waals surface area contributed by atoms with Gasteiger partial charge in [-0.25, -0.2) is 4.98 Å². The molecule has 0 aliphatic rings. The normalized spacial score (nSPS) is 13.3. The highest BCUT2D eigenvalue weighted by atomic mass is 14.9. The molecule has 1 aromatic carbocycles. The summed E-state index contributed by atoms with van der Waals surface area (Å²) in [5, 5.41) is 3.19. The van der Waals surface area contributed by atoms with Gasteiger partial charge in [-0.2, -0.15) is 0 Å². The Kier molecular flexibility index (Phi) is 2.73. The standard InChI is InChI=1S/C12H17N3/c1-8(7-13-3)10-4-5-11-12(6-10)15-9(2)14-11/h4-6,8,13H,7H2,1-3H3,(H,14,15). The van der Waals surface area contributed by atoms with Gasteiger partial charge >= 0.3 is 0 Å². The number of nitrogens with zero attached hydrogens (tertiary/aromatic N) is 1. The zero-order chi connectivity index (χ0) is 10.8. The Morgan fingerprint density at radius 1 is 1.47 bits per heavy atom. The van der Waals surface area contributed by atoms with E-state index < -0.39 is 0 Å². The molecule has 80 valence electrons. The summed E-state index contributed by atoms with van der Waals surface area (Å²) in [6.45, 7) is 5.20. The molecule has 1 aromatic heterocycles. The first-order valence-electron chi connectivity index (χ1n) is 5.31. The fourth-order valence-corrected chi connectivity index (χ4v) is 1.89. The molecule has 15 heavy (non-hydrogen) atoms. The summed E-state index contributed by atoms with van der Waals surface area (Å²) in [5.41, 5.74) is 3.53. The van der Waals surface area contributed by atoms with E-state index in [0.717, 1.165) is 23.4 Å². The number of hydrogen-bond acceptors (Lipinski definition) is 2. The summed E-state index contributed by atoms with van der Waals surface area (Å²) in [4.78, 5) is 7.65. The molecule has 2 rings (SSSR count). The minimum atomic E-state index is 0.531. The first-order chi connectivity index (χ1) is 7.20. The average molecular weight is 203 g/mol. The summed E-state index contributed by atoms with van der Waals surface area (Å²) in [6, 6.07) is 6.43. The van der Waals surface area contributed by atoms with Crippen LogP contribution in [0.25, 0.3) is 11.0 Å². The zero-order valence-electron chi connectivity index (χ0n) is 9.46. The van der Waals surface area contributed by atoms with Crippen molar-refractivity contribution < 1.29 is 0 Å². The Labute approximate surface area is 89.9 Å². The first kappa shape index (κ1) is 10.2. The summed E-state index contributed by atoms with van der Waals surface area (Å²) in [7, 11) is 1.98. The van der Waals surface area contributed by atoms with Crippen molar-refractivity contribution in [3.8, 4) is 0 Å². The van der Waals surface area contributed by atoms with Gasteiger partial charge in [-0.1, -0.05) is 13.0 Å². The third-order valence-electron chi connectivity index (χ3n) is 2.70. The Bertz CT molecular complexity index is 459. The summed E-state index contributed by atoms with van der Waals surface area (Å²) < 4.78 is 0. The van der Waals surface area contributed by atoms with E-state index in [9.17, 15) is 0 Å². The largest absolute Gasteiger partial charge is 0.342 e. The van der Waals surface area contributed by atoms with E-state index in [1.54, 1.807) is 0 Å². The van der Waals surface area contributed by atoms with Gasteiger partial charge in [-0.05, 0) is 37.6 Å². The molecule has 0 saturated heterocycles. The van der Waals surface area contributed by atoms with Crippen LogP contribution in [0.3, 0.4) is 0 Å². The van der Waals surface area contributed by atoms with Crippen molar-refractivity contribution in [2.45, 2.75) is 19.8 Å². The molecule has 0 amide bonds. The third-order valence-corrected chi connectivity index (χ3v) is 2.70. The lowest BCUT2D eigenvalue weighted by atomic mass is 10.0. The fourth-order valence-electron chi connectivity index (χ4n) is 1.89. The number of aryl methyl sites for hydroxylation is 1. The first-order valence-corrected chi connectivity index (χ1v) is 5.31. The van der Waals surface area contributed by atoms with Gasteiger partial charge in [-0.3, -0.25) is 0 Å². The van der Waals surface area contributed by atoms with Crippen LogP contribution in [-0.2, 0) is 0 Å². The maximum absolute atomic E-state index is 4.39. The fraction of sp³-hybridized carbons (Fsp3) is 0.417. The van der Waals surface area contributed by atoms with Crippen molar-refractivity contribution in [1.82, 2.24) is 15.3 Å². The molecule has 0 aliphatic carbocycles. The Hall–Kier alpha value is -1.35. The maximum Gasteiger partial charge on any atom is 0.104 e. The molecule has 0 saturated carbocycles. The number of likely N-dealkylation sites (N-methyl/N-ethyl adjacent to an activating group) is 1. The van der Waals surface area contributed by atoms with Crippen LogP contribution < -0.4 is 5.32 Å². The zero-order valence-corrected chi connectivity index (χ0v) is 9.46. The number of H-pyrrole nitrogens is 1. The molecular formula is C12H17N3. The van der Waals surface area contributed by atoms with Crippen molar-refractivity contribution in [3.05, 3.63) is 29.6 Å². The van der Waals surface area contributed by atoms with Crippen molar-refractivity contribution in [2.75, 3.05) is 13.6 Å². The van der Waals surface area contributed by atoms with Crippen LogP contribution >= 0.6 is 0 Å². The van der Waals surface area contributed by atoms with Gasteiger partial charge in [0.1, 0.15) is 5.82 Å². The lowest BCUT2D eigenvalue weighted by molar-refractivity contribution is 0.678. The number of hydrogen-bond donors (Lipinski definition) is 2. The molecule has 0 bridgehead atoms. The molecule has 0 radical (unpaired) electrons. The number of nitrogens with one attached hydrogen (secondary N) is 2. The maximum atomic E-state index is 4.39. The molecule has 3 nitrogen and oxygen atoms in total. The van der Waals surface area contributed by atoms with Crippen LogP contribution in [0, 0.1) is 6.92 Å². The molecule has 0 aliphatic heterocycles. The number of aromatic amines is 1. The Balaban J connectivity index is 2.37. The van der Waals surface area contributed by atoms with E-state index in [4.69, 9.17) is 0 Å². The van der Waals surface area contributed by atoms with Crippen molar-refractivity contribution in [2.24, 2.45) is 0 Å². The number of rotatable bonds is 3. The van der Waals surface area contributed by atoms with Crippen LogP contribution in [0.1, 0.15) is 24.2 Å². The quantitative estimate of drug-likeness (QED) is 0.802. The Morgan fingerprint density at radius 2 is 2.27 bits per heavy atom. The summed E-state index contributed by atoms with van der Waals surface area (Å²) >= 11 is 0. The van der Waals surface area contributed by atoms with Crippen LogP contribution in [0.4, 0.5) is 0 Å². The van der Waals surface area contributed by atoms with Crippen LogP contribution in [-0.4, -0.2) is 23.6 Å². The number of benzene rings is 1. The second-order valence-corrected chi connectivity index (χ2v) is 4.06. The van der Waals surface area contributed by atoms with Crippen LogP contribution in [0.5, 0.6) is 0 Å². The summed E-state index contributed by atoms with van der Waals surface area (Å²) in [5.74, 6) is 1.51. The molecule has 0 spiro atoms. The van der Waals surface area contributed by atoms with Gasteiger partial charge in [-0.15, -0.1) is 0 Å². The van der Waals surface area contributed by atoms with Crippen molar-refractivity contribution in [3.63, 3.8) is 0 Å². The SMILES string of the molecule is CNCC(C)c1ccc2nc(C)[nH]c2c1. The van der Waals surface area contributed by atoms with Gasteiger partial charge in [0, 0.05) is 6.54 Å². The van der Waals surface area contributed by atoms with Gasteiger partial charge in [0.05, 0.1) is 11.0 Å². The van der Waals surface area contributed by atoms with Crippen molar-refractivity contribution >= 4 is 11.0 Å². The topological polar surface area (TPSA) is 40.7 Å². The highest BCUT2D eigenvalue weighted by molar-refractivity contribution is 5.75. The van der Waals surface area contributed by atoms with Crippen molar-refractivity contribution in [1.29, 1.82) is 0 Å². The molecule has 3 heteroatoms. The minimum Gasteiger partial charge on any atom is -0.342 e. The molecular weight excluding hydrogens is 186 g/mol. The van der Waals surface area contributed by atoms with E-state index in [0.29, 0.717) is 5.92 Å². The van der Waals surface area contributed by atoms with E-state index >= 15 is 0 Å². The number of imidazole rings is 1. The van der Waals surface area contributed by atoms with Crippen LogP contribution in [0.15, 0.2) is 18.2 Å². The highest BCUT2D eigenvalue weighted by Gasteiger charge is 2.06. The minimum absolute atomic E-state index is 0.531. The predicted molar refractivity (Wildman–Crippen MR) is 63.2 cm³/mol. The molecule has 2 N–H and O–H groups in total. The van der Waals surface area contributed by atoms with E-state index in [1.807, 2.05) is 14.0 Å². The molecule has 1 unspecified atom stereocenters. The van der Waals surface area contributed by atoms with Crippen LogP contribution in [0.2, 0.25) is 0 Å². The van der Waals surface area contributed by atoms with Gasteiger partial charge in [0.2, 0.25) is 0 Å². The smallest absolute Gasteiger partial charge is 0.104 e. The third kappa shape index (κ3) is 2.02. The molecule has 1 atom stereocenters. The second-order valence-electron chi connectivity index (χ2n) is 4.06. The number of aromatic nitrogens is 2. The lowest BCUT2D eigenvalue weighted by Crippen LogP contribution is -2.14. The lowest BCUT2D eigenvalue weighted by Gasteiger charge is -2.10. The van der Waals surface area contributed by atoms with Gasteiger partial charge in [0.25, 0.3) is 0 Å². The van der Waals surface area contributed by atoms with Gasteiger partial charge < -0.3 is 10.3 Å². The second kappa shape index (κ2) is 4.03. The monoisotopic (exact) mass is 203 g/mol. The Morgan fingerprint density at radius 3 is 3.00 bits per heavy atom. The van der Waals surface area contributed by atoms with E-state index in [1.165, 1.54) is 5.56 Å². The summed E-state index contributed by atoms with van der Waals surface area (Å²) in [6.07, 6.45) is 0. The van der Waals surface area contributed by atoms with E-state index in [2.05, 4.69) is 40.4 Å². The van der Waals surface area contributed by atoms with E-state index in [-0.39, 0.29) is 0 Å². The average Bonchev–Trinajstić information content (AvgIpc) is 2.57. The molecule has 1 heterocycles. The molecule has 2 aromatic rings.